The molecule has 2 aliphatic rings. The predicted molar refractivity (Wildman–Crippen MR) is 105 cm³/mol. The standard InChI is InChI=1S/C19H25N3O3S2/c1-15-18(26-14-20-15)13-22-9-7-19(8-10-22)11-16(25-19)12-21-27(23,24)17-5-3-2-4-6-17/h2-6,14,16,21H,7-13H2,1H3. The number of piperidine rings is 1. The maximum atomic E-state index is 12.3. The Morgan fingerprint density at radius 3 is 2.63 bits per heavy atom. The van der Waals surface area contributed by atoms with Crippen molar-refractivity contribution >= 4 is 21.4 Å². The fourth-order valence-corrected chi connectivity index (χ4v) is 5.79. The summed E-state index contributed by atoms with van der Waals surface area (Å²) >= 11 is 1.72. The lowest BCUT2D eigenvalue weighted by Gasteiger charge is -2.52. The van der Waals surface area contributed by atoms with Gasteiger partial charge in [-0.1, -0.05) is 18.2 Å². The zero-order valence-corrected chi connectivity index (χ0v) is 17.1. The molecule has 1 spiro atoms. The Morgan fingerprint density at radius 2 is 2.00 bits per heavy atom. The van der Waals surface area contributed by atoms with Crippen LogP contribution in [0.5, 0.6) is 0 Å². The van der Waals surface area contributed by atoms with Gasteiger partial charge in [0.15, 0.2) is 0 Å². The van der Waals surface area contributed by atoms with Gasteiger partial charge in [-0.2, -0.15) is 0 Å². The zero-order valence-electron chi connectivity index (χ0n) is 15.4. The number of aromatic nitrogens is 1. The molecule has 6 nitrogen and oxygen atoms in total. The Bertz CT molecular complexity index is 867. The van der Waals surface area contributed by atoms with Gasteiger partial charge >= 0.3 is 0 Å². The third kappa shape index (κ3) is 4.25. The summed E-state index contributed by atoms with van der Waals surface area (Å²) in [5, 5.41) is 0. The van der Waals surface area contributed by atoms with Gasteiger partial charge in [0.25, 0.3) is 0 Å². The van der Waals surface area contributed by atoms with Crippen LogP contribution in [0.25, 0.3) is 0 Å². The minimum Gasteiger partial charge on any atom is -0.370 e. The van der Waals surface area contributed by atoms with Gasteiger partial charge in [0, 0.05) is 37.5 Å². The van der Waals surface area contributed by atoms with Crippen molar-refractivity contribution in [2.75, 3.05) is 19.6 Å². The highest BCUT2D eigenvalue weighted by molar-refractivity contribution is 7.89. The fourth-order valence-electron chi connectivity index (χ4n) is 3.88. The molecule has 2 fully saturated rings. The quantitative estimate of drug-likeness (QED) is 0.797. The Kier molecular flexibility index (Phi) is 5.35. The van der Waals surface area contributed by atoms with Gasteiger partial charge in [-0.15, -0.1) is 11.3 Å². The average Bonchev–Trinajstić information content (AvgIpc) is 3.05. The van der Waals surface area contributed by atoms with E-state index < -0.39 is 10.0 Å². The molecule has 3 heterocycles. The molecule has 4 rings (SSSR count). The van der Waals surface area contributed by atoms with E-state index in [1.165, 1.54) is 4.88 Å². The van der Waals surface area contributed by atoms with Crippen LogP contribution < -0.4 is 4.72 Å². The van der Waals surface area contributed by atoms with Gasteiger partial charge in [-0.3, -0.25) is 4.90 Å². The van der Waals surface area contributed by atoms with Gasteiger partial charge in [0.2, 0.25) is 10.0 Å². The van der Waals surface area contributed by atoms with Crippen LogP contribution in [0.15, 0.2) is 40.7 Å². The molecule has 1 N–H and O–H groups in total. The fraction of sp³-hybridized carbons (Fsp3) is 0.526. The highest BCUT2D eigenvalue weighted by Gasteiger charge is 2.47. The second kappa shape index (κ2) is 7.60. The van der Waals surface area contributed by atoms with Crippen LogP contribution in [0.1, 0.15) is 29.8 Å². The van der Waals surface area contributed by atoms with Crippen molar-refractivity contribution in [1.29, 1.82) is 0 Å². The number of hydrogen-bond donors (Lipinski definition) is 1. The van der Waals surface area contributed by atoms with Crippen LogP contribution in [0, 0.1) is 6.92 Å². The number of rotatable bonds is 6. The Balaban J connectivity index is 1.23. The second-order valence-corrected chi connectivity index (χ2v) is 10.1. The Morgan fingerprint density at radius 1 is 1.30 bits per heavy atom. The first-order valence-corrected chi connectivity index (χ1v) is 11.7. The number of nitrogens with one attached hydrogen (secondary N) is 1. The monoisotopic (exact) mass is 407 g/mol. The molecule has 2 aliphatic heterocycles. The van der Waals surface area contributed by atoms with Crippen molar-refractivity contribution in [2.45, 2.75) is 49.3 Å². The van der Waals surface area contributed by atoms with Crippen molar-refractivity contribution < 1.29 is 13.2 Å². The summed E-state index contributed by atoms with van der Waals surface area (Å²) < 4.78 is 33.4. The van der Waals surface area contributed by atoms with Crippen molar-refractivity contribution in [2.24, 2.45) is 0 Å². The highest BCUT2D eigenvalue weighted by atomic mass is 32.2. The summed E-state index contributed by atoms with van der Waals surface area (Å²) in [6.45, 7) is 5.39. The summed E-state index contributed by atoms with van der Waals surface area (Å²) in [6.07, 6.45) is 2.91. The number of ether oxygens (including phenoxy) is 1. The largest absolute Gasteiger partial charge is 0.370 e. The molecule has 0 amide bonds. The van der Waals surface area contributed by atoms with Gasteiger partial charge < -0.3 is 4.74 Å². The summed E-state index contributed by atoms with van der Waals surface area (Å²) in [7, 11) is -3.46. The van der Waals surface area contributed by atoms with E-state index in [0.29, 0.717) is 11.4 Å². The van der Waals surface area contributed by atoms with Crippen molar-refractivity contribution in [3.63, 3.8) is 0 Å². The number of likely N-dealkylation sites (tertiary alicyclic amines) is 1. The molecule has 1 aromatic carbocycles. The van der Waals surface area contributed by atoms with Gasteiger partial charge in [-0.25, -0.2) is 18.1 Å². The maximum Gasteiger partial charge on any atom is 0.240 e. The van der Waals surface area contributed by atoms with E-state index in [1.54, 1.807) is 41.7 Å². The molecule has 1 atom stereocenters. The smallest absolute Gasteiger partial charge is 0.240 e. The molecule has 1 aromatic heterocycles. The average molecular weight is 408 g/mol. The van der Waals surface area contributed by atoms with Crippen LogP contribution in [0.4, 0.5) is 0 Å². The second-order valence-electron chi connectivity index (χ2n) is 7.43. The van der Waals surface area contributed by atoms with E-state index in [0.717, 1.165) is 44.6 Å². The summed E-state index contributed by atoms with van der Waals surface area (Å²) in [6, 6.07) is 8.47. The summed E-state index contributed by atoms with van der Waals surface area (Å²) in [5.74, 6) is 0. The van der Waals surface area contributed by atoms with E-state index in [-0.39, 0.29) is 11.7 Å². The Labute approximate surface area is 164 Å². The molecule has 146 valence electrons. The van der Waals surface area contributed by atoms with Gasteiger partial charge in [-0.05, 0) is 31.9 Å². The van der Waals surface area contributed by atoms with Crippen molar-refractivity contribution in [1.82, 2.24) is 14.6 Å². The van der Waals surface area contributed by atoms with Crippen molar-refractivity contribution in [3.05, 3.63) is 46.4 Å². The molecule has 27 heavy (non-hydrogen) atoms. The SMILES string of the molecule is Cc1ncsc1CN1CCC2(CC1)CC(CNS(=O)(=O)c1ccccc1)O2. The van der Waals surface area contributed by atoms with E-state index in [4.69, 9.17) is 4.74 Å². The first-order chi connectivity index (χ1) is 13.0. The number of hydrogen-bond acceptors (Lipinski definition) is 6. The molecule has 2 saturated heterocycles. The van der Waals surface area contributed by atoms with Crippen LogP contribution in [0.3, 0.4) is 0 Å². The number of sulfonamides is 1. The lowest BCUT2D eigenvalue weighted by Crippen LogP contribution is -2.58. The molecular formula is C19H25N3O3S2. The third-order valence-electron chi connectivity index (χ3n) is 5.55. The number of thiazole rings is 1. The van der Waals surface area contributed by atoms with E-state index in [1.807, 2.05) is 5.51 Å². The minimum absolute atomic E-state index is 0.0289. The summed E-state index contributed by atoms with van der Waals surface area (Å²) in [5.41, 5.74) is 2.99. The van der Waals surface area contributed by atoms with Gasteiger partial charge in [0.1, 0.15) is 0 Å². The van der Waals surface area contributed by atoms with Crippen LogP contribution in [-0.4, -0.2) is 49.6 Å². The van der Waals surface area contributed by atoms with E-state index in [2.05, 4.69) is 21.5 Å². The molecule has 8 heteroatoms. The molecule has 0 aliphatic carbocycles. The molecule has 0 radical (unpaired) electrons. The van der Waals surface area contributed by atoms with Gasteiger partial charge in [0.05, 0.1) is 27.8 Å². The molecular weight excluding hydrogens is 382 g/mol. The maximum absolute atomic E-state index is 12.3. The topological polar surface area (TPSA) is 71.5 Å². The number of aryl methyl sites for hydroxylation is 1. The highest BCUT2D eigenvalue weighted by Crippen LogP contribution is 2.41. The number of benzene rings is 1. The lowest BCUT2D eigenvalue weighted by atomic mass is 9.80. The number of nitrogens with zero attached hydrogens (tertiary/aromatic N) is 2. The molecule has 0 bridgehead atoms. The third-order valence-corrected chi connectivity index (χ3v) is 7.91. The first kappa shape index (κ1) is 19.0. The Hall–Kier alpha value is -1.32. The zero-order chi connectivity index (χ0) is 18.9. The summed E-state index contributed by atoms with van der Waals surface area (Å²) in [4.78, 5) is 8.42. The molecule has 1 unspecified atom stereocenters. The van der Waals surface area contributed by atoms with Crippen LogP contribution in [-0.2, 0) is 21.3 Å². The predicted octanol–water partition coefficient (Wildman–Crippen LogP) is 2.55. The van der Waals surface area contributed by atoms with Crippen LogP contribution in [0.2, 0.25) is 0 Å². The molecule has 2 aromatic rings. The lowest BCUT2D eigenvalue weighted by molar-refractivity contribution is -0.222. The van der Waals surface area contributed by atoms with E-state index in [9.17, 15) is 8.42 Å². The van der Waals surface area contributed by atoms with E-state index >= 15 is 0 Å². The normalized spacial score (nSPS) is 22.6. The molecule has 0 saturated carbocycles. The van der Waals surface area contributed by atoms with Crippen LogP contribution >= 0.6 is 11.3 Å². The first-order valence-electron chi connectivity index (χ1n) is 9.30. The van der Waals surface area contributed by atoms with Crippen molar-refractivity contribution in [3.8, 4) is 0 Å². The minimum atomic E-state index is -3.46.